The molecule has 0 aliphatic rings. The summed E-state index contributed by atoms with van der Waals surface area (Å²) in [6, 6.07) is 4.58. The number of aromatic carboxylic acids is 1. The fourth-order valence-corrected chi connectivity index (χ4v) is 3.44. The van der Waals surface area contributed by atoms with Crippen LogP contribution in [0.3, 0.4) is 0 Å². The van der Waals surface area contributed by atoms with E-state index in [1.54, 1.807) is 0 Å². The van der Waals surface area contributed by atoms with E-state index in [0.29, 0.717) is 0 Å². The second-order valence-corrected chi connectivity index (χ2v) is 6.16. The van der Waals surface area contributed by atoms with Gasteiger partial charge >= 0.3 is 12.1 Å². The zero-order chi connectivity index (χ0) is 16.3. The first-order valence-corrected chi connectivity index (χ1v) is 7.43. The van der Waals surface area contributed by atoms with Gasteiger partial charge in [-0.05, 0) is 18.6 Å². The lowest BCUT2D eigenvalue weighted by Gasteiger charge is -2.23. The quantitative estimate of drug-likeness (QED) is 0.871. The van der Waals surface area contributed by atoms with Crippen LogP contribution in [0.25, 0.3) is 0 Å². The van der Waals surface area contributed by atoms with Gasteiger partial charge in [0, 0.05) is 6.54 Å². The van der Waals surface area contributed by atoms with Crippen LogP contribution in [-0.4, -0.2) is 43.1 Å². The lowest BCUT2D eigenvalue weighted by atomic mass is 10.2. The van der Waals surface area contributed by atoms with Crippen LogP contribution in [0.1, 0.15) is 23.7 Å². The average molecular weight is 325 g/mol. The summed E-state index contributed by atoms with van der Waals surface area (Å²) in [6.07, 6.45) is -4.54. The Balaban J connectivity index is 3.33. The molecule has 0 heterocycles. The number of carbonyl (C=O) groups is 1. The zero-order valence-electron chi connectivity index (χ0n) is 11.1. The fourth-order valence-electron chi connectivity index (χ4n) is 1.74. The van der Waals surface area contributed by atoms with E-state index >= 15 is 0 Å². The number of hydrogen-bond donors (Lipinski definition) is 1. The molecule has 0 saturated heterocycles. The lowest BCUT2D eigenvalue weighted by Crippen LogP contribution is -2.39. The van der Waals surface area contributed by atoms with Gasteiger partial charge in [-0.25, -0.2) is 13.2 Å². The van der Waals surface area contributed by atoms with E-state index in [-0.39, 0.29) is 17.3 Å². The molecule has 0 bridgehead atoms. The third kappa shape index (κ3) is 4.43. The second-order valence-electron chi connectivity index (χ2n) is 4.26. The second kappa shape index (κ2) is 6.44. The van der Waals surface area contributed by atoms with Crippen molar-refractivity contribution < 1.29 is 31.5 Å². The van der Waals surface area contributed by atoms with Crippen molar-refractivity contribution in [2.75, 3.05) is 13.1 Å². The van der Waals surface area contributed by atoms with Crippen LogP contribution in [0.2, 0.25) is 0 Å². The normalized spacial score (nSPS) is 12.6. The molecule has 0 atom stereocenters. The third-order valence-electron chi connectivity index (χ3n) is 2.56. The Morgan fingerprint density at radius 3 is 2.33 bits per heavy atom. The number of carboxylic acids is 1. The van der Waals surface area contributed by atoms with Crippen LogP contribution in [-0.2, 0) is 10.0 Å². The maximum absolute atomic E-state index is 12.5. The summed E-state index contributed by atoms with van der Waals surface area (Å²) in [7, 11) is -4.54. The van der Waals surface area contributed by atoms with Gasteiger partial charge in [0.15, 0.2) is 0 Å². The van der Waals surface area contributed by atoms with Crippen molar-refractivity contribution in [2.24, 2.45) is 0 Å². The van der Waals surface area contributed by atoms with Crippen molar-refractivity contribution in [3.8, 4) is 0 Å². The van der Waals surface area contributed by atoms with Gasteiger partial charge < -0.3 is 5.11 Å². The fraction of sp³-hybridized carbons (Fsp3) is 0.417. The Hall–Kier alpha value is -1.61. The van der Waals surface area contributed by atoms with E-state index < -0.39 is 39.2 Å². The van der Waals surface area contributed by atoms with E-state index in [0.717, 1.165) is 12.1 Å². The molecule has 0 saturated carbocycles. The molecule has 1 N–H and O–H groups in total. The minimum Gasteiger partial charge on any atom is -0.478 e. The number of halogens is 3. The van der Waals surface area contributed by atoms with E-state index in [1.165, 1.54) is 19.1 Å². The number of hydrogen-bond acceptors (Lipinski definition) is 3. The summed E-state index contributed by atoms with van der Waals surface area (Å²) < 4.78 is 62.4. The highest BCUT2D eigenvalue weighted by atomic mass is 32.2. The van der Waals surface area contributed by atoms with Crippen LogP contribution in [0.15, 0.2) is 29.2 Å². The summed E-state index contributed by atoms with van der Waals surface area (Å²) in [5.41, 5.74) is -0.555. The summed E-state index contributed by atoms with van der Waals surface area (Å²) in [5, 5.41) is 8.97. The molecule has 1 aromatic carbocycles. The van der Waals surface area contributed by atoms with Crippen LogP contribution in [0.5, 0.6) is 0 Å². The minimum atomic E-state index is -4.71. The van der Waals surface area contributed by atoms with Crippen LogP contribution < -0.4 is 0 Å². The van der Waals surface area contributed by atoms with E-state index in [2.05, 4.69) is 0 Å². The van der Waals surface area contributed by atoms with Gasteiger partial charge in [-0.3, -0.25) is 0 Å². The van der Waals surface area contributed by atoms with Crippen LogP contribution in [0.4, 0.5) is 13.2 Å². The largest absolute Gasteiger partial charge is 0.478 e. The van der Waals surface area contributed by atoms with Gasteiger partial charge in [0.2, 0.25) is 10.0 Å². The topological polar surface area (TPSA) is 74.7 Å². The highest BCUT2D eigenvalue weighted by Crippen LogP contribution is 2.25. The Morgan fingerprint density at radius 2 is 1.86 bits per heavy atom. The summed E-state index contributed by atoms with van der Waals surface area (Å²) in [4.78, 5) is 10.4. The van der Waals surface area contributed by atoms with Gasteiger partial charge in [-0.2, -0.15) is 17.5 Å². The smallest absolute Gasteiger partial charge is 0.402 e. The Labute approximate surface area is 120 Å². The highest BCUT2D eigenvalue weighted by molar-refractivity contribution is 7.89. The molecule has 0 radical (unpaired) electrons. The molecule has 0 aliphatic heterocycles. The molecule has 1 aromatic rings. The molecule has 0 unspecified atom stereocenters. The maximum atomic E-state index is 12.5. The van der Waals surface area contributed by atoms with E-state index in [1.807, 2.05) is 0 Å². The molecule has 0 aliphatic carbocycles. The van der Waals surface area contributed by atoms with Gasteiger partial charge in [-0.15, -0.1) is 0 Å². The molecule has 0 amide bonds. The molecule has 0 aromatic heterocycles. The Bertz CT molecular complexity index is 613. The summed E-state index contributed by atoms with van der Waals surface area (Å²) in [5.74, 6) is -1.52. The summed E-state index contributed by atoms with van der Waals surface area (Å²) >= 11 is 0. The van der Waals surface area contributed by atoms with E-state index in [4.69, 9.17) is 5.11 Å². The predicted molar refractivity (Wildman–Crippen MR) is 68.5 cm³/mol. The van der Waals surface area contributed by atoms with Crippen molar-refractivity contribution in [3.63, 3.8) is 0 Å². The highest BCUT2D eigenvalue weighted by Gasteiger charge is 2.37. The number of benzene rings is 1. The standard InChI is InChI=1S/C12H14F3NO4S/c1-2-7-16(8-12(13,14)15)21(19,20)10-6-4-3-5-9(10)11(17)18/h3-6H,2,7-8H2,1H3,(H,17,18). The molecule has 9 heteroatoms. The van der Waals surface area contributed by atoms with Crippen LogP contribution in [0, 0.1) is 0 Å². The van der Waals surface area contributed by atoms with Crippen molar-refractivity contribution in [1.29, 1.82) is 0 Å². The number of sulfonamides is 1. The molecule has 0 fully saturated rings. The number of carboxylic acid groups (broad SMARTS) is 1. The van der Waals surface area contributed by atoms with Gasteiger partial charge in [0.1, 0.15) is 6.54 Å². The first-order chi connectivity index (χ1) is 9.59. The van der Waals surface area contributed by atoms with Crippen LogP contribution >= 0.6 is 0 Å². The molecule has 0 spiro atoms. The molecule has 1 rings (SSSR count). The Kier molecular flexibility index (Phi) is 5.35. The lowest BCUT2D eigenvalue weighted by molar-refractivity contribution is -0.136. The number of rotatable bonds is 6. The monoisotopic (exact) mass is 325 g/mol. The van der Waals surface area contributed by atoms with Gasteiger partial charge in [0.25, 0.3) is 0 Å². The number of nitrogens with zero attached hydrogens (tertiary/aromatic N) is 1. The minimum absolute atomic E-state index is 0.171. The van der Waals surface area contributed by atoms with Crippen molar-refractivity contribution in [3.05, 3.63) is 29.8 Å². The van der Waals surface area contributed by atoms with Gasteiger partial charge in [0.05, 0.1) is 10.5 Å². The Morgan fingerprint density at radius 1 is 1.29 bits per heavy atom. The molecule has 118 valence electrons. The van der Waals surface area contributed by atoms with E-state index in [9.17, 15) is 26.4 Å². The van der Waals surface area contributed by atoms with Crippen molar-refractivity contribution in [2.45, 2.75) is 24.4 Å². The molecular weight excluding hydrogens is 311 g/mol. The van der Waals surface area contributed by atoms with Gasteiger partial charge in [-0.1, -0.05) is 19.1 Å². The first-order valence-electron chi connectivity index (χ1n) is 5.99. The molecular formula is C12H14F3NO4S. The zero-order valence-corrected chi connectivity index (χ0v) is 11.9. The third-order valence-corrected chi connectivity index (χ3v) is 4.47. The molecule has 21 heavy (non-hydrogen) atoms. The maximum Gasteiger partial charge on any atom is 0.402 e. The van der Waals surface area contributed by atoms with Crippen molar-refractivity contribution in [1.82, 2.24) is 4.31 Å². The molecule has 5 nitrogen and oxygen atoms in total. The average Bonchev–Trinajstić information content (AvgIpc) is 2.36. The van der Waals surface area contributed by atoms with Crippen molar-refractivity contribution >= 4 is 16.0 Å². The predicted octanol–water partition coefficient (Wildman–Crippen LogP) is 2.35. The number of alkyl halides is 3. The first kappa shape index (κ1) is 17.4. The summed E-state index contributed by atoms with van der Waals surface area (Å²) in [6.45, 7) is -0.477. The SMILES string of the molecule is CCCN(CC(F)(F)F)S(=O)(=O)c1ccccc1C(=O)O.